The standard InChI is InChI=1S/C13H23N3O/c1-5-6-7-17-13-9-11(14-4)15-12(16-13)8-10(2)3/h9-10H,5-8H2,1-4H3,(H,14,15,16). The van der Waals surface area contributed by atoms with Gasteiger partial charge in [0.05, 0.1) is 6.61 Å². The molecule has 4 nitrogen and oxygen atoms in total. The molecule has 1 rings (SSSR count). The number of nitrogens with one attached hydrogen (secondary N) is 1. The van der Waals surface area contributed by atoms with Gasteiger partial charge in [-0.25, -0.2) is 4.98 Å². The van der Waals surface area contributed by atoms with E-state index in [1.807, 2.05) is 13.1 Å². The van der Waals surface area contributed by atoms with Crippen molar-refractivity contribution < 1.29 is 4.74 Å². The summed E-state index contributed by atoms with van der Waals surface area (Å²) in [4.78, 5) is 8.84. The Morgan fingerprint density at radius 2 is 2.12 bits per heavy atom. The average molecular weight is 237 g/mol. The first-order valence-corrected chi connectivity index (χ1v) is 6.34. The zero-order chi connectivity index (χ0) is 12.7. The highest BCUT2D eigenvalue weighted by Crippen LogP contribution is 2.15. The van der Waals surface area contributed by atoms with Gasteiger partial charge in [-0.15, -0.1) is 0 Å². The van der Waals surface area contributed by atoms with Crippen molar-refractivity contribution in [2.24, 2.45) is 5.92 Å². The van der Waals surface area contributed by atoms with Crippen LogP contribution in [0.1, 0.15) is 39.4 Å². The Bertz CT molecular complexity index is 339. The molecule has 0 atom stereocenters. The van der Waals surface area contributed by atoms with Crippen LogP contribution < -0.4 is 10.1 Å². The molecule has 1 heterocycles. The second kappa shape index (κ2) is 7.09. The number of nitrogens with zero attached hydrogens (tertiary/aromatic N) is 2. The largest absolute Gasteiger partial charge is 0.478 e. The molecule has 96 valence electrons. The van der Waals surface area contributed by atoms with Crippen LogP contribution >= 0.6 is 0 Å². The van der Waals surface area contributed by atoms with E-state index in [9.17, 15) is 0 Å². The van der Waals surface area contributed by atoms with Crippen LogP contribution in [0.2, 0.25) is 0 Å². The highest BCUT2D eigenvalue weighted by atomic mass is 16.5. The van der Waals surface area contributed by atoms with Gasteiger partial charge in [-0.05, 0) is 12.3 Å². The fourth-order valence-corrected chi connectivity index (χ4v) is 1.45. The Labute approximate surface area is 104 Å². The van der Waals surface area contributed by atoms with E-state index in [1.165, 1.54) is 0 Å². The molecule has 0 spiro atoms. The number of hydrogen-bond donors (Lipinski definition) is 1. The lowest BCUT2D eigenvalue weighted by molar-refractivity contribution is 0.296. The van der Waals surface area contributed by atoms with Crippen LogP contribution in [0.15, 0.2) is 6.07 Å². The Balaban J connectivity index is 2.74. The first kappa shape index (κ1) is 13.7. The van der Waals surface area contributed by atoms with Gasteiger partial charge in [0.2, 0.25) is 5.88 Å². The Morgan fingerprint density at radius 1 is 1.35 bits per heavy atom. The molecule has 0 radical (unpaired) electrons. The van der Waals surface area contributed by atoms with Crippen LogP contribution in [0.5, 0.6) is 5.88 Å². The van der Waals surface area contributed by atoms with E-state index in [0.29, 0.717) is 11.8 Å². The lowest BCUT2D eigenvalue weighted by atomic mass is 10.1. The molecule has 0 amide bonds. The number of hydrogen-bond acceptors (Lipinski definition) is 4. The fraction of sp³-hybridized carbons (Fsp3) is 0.692. The Kier molecular flexibility index (Phi) is 5.73. The third-order valence-electron chi connectivity index (χ3n) is 2.34. The maximum absolute atomic E-state index is 5.62. The molecule has 0 fully saturated rings. The lowest BCUT2D eigenvalue weighted by Crippen LogP contribution is -2.07. The van der Waals surface area contributed by atoms with Crippen molar-refractivity contribution >= 4 is 5.82 Å². The first-order valence-electron chi connectivity index (χ1n) is 6.34. The van der Waals surface area contributed by atoms with E-state index in [4.69, 9.17) is 4.74 Å². The molecule has 0 aliphatic heterocycles. The number of anilines is 1. The Hall–Kier alpha value is -1.32. The van der Waals surface area contributed by atoms with Crippen molar-refractivity contribution in [3.63, 3.8) is 0 Å². The molecule has 0 aliphatic carbocycles. The molecular formula is C13H23N3O. The summed E-state index contributed by atoms with van der Waals surface area (Å²) in [7, 11) is 1.86. The predicted molar refractivity (Wildman–Crippen MR) is 70.5 cm³/mol. The monoisotopic (exact) mass is 237 g/mol. The molecule has 0 saturated heterocycles. The summed E-state index contributed by atoms with van der Waals surface area (Å²) >= 11 is 0. The summed E-state index contributed by atoms with van der Waals surface area (Å²) in [5.41, 5.74) is 0. The van der Waals surface area contributed by atoms with Gasteiger partial charge in [0, 0.05) is 19.5 Å². The minimum Gasteiger partial charge on any atom is -0.478 e. The van der Waals surface area contributed by atoms with Crippen LogP contribution in [-0.2, 0) is 6.42 Å². The van der Waals surface area contributed by atoms with Gasteiger partial charge in [0.15, 0.2) is 0 Å². The molecule has 0 unspecified atom stereocenters. The van der Waals surface area contributed by atoms with Gasteiger partial charge in [-0.2, -0.15) is 4.98 Å². The zero-order valence-electron chi connectivity index (χ0n) is 11.3. The van der Waals surface area contributed by atoms with Crippen molar-refractivity contribution in [3.05, 3.63) is 11.9 Å². The summed E-state index contributed by atoms with van der Waals surface area (Å²) in [5, 5.41) is 3.04. The minimum absolute atomic E-state index is 0.547. The van der Waals surface area contributed by atoms with Crippen LogP contribution in [0, 0.1) is 5.92 Å². The number of aromatic nitrogens is 2. The number of ether oxygens (including phenoxy) is 1. The van der Waals surface area contributed by atoms with Gasteiger partial charge in [0.25, 0.3) is 0 Å². The van der Waals surface area contributed by atoms with E-state index >= 15 is 0 Å². The fourth-order valence-electron chi connectivity index (χ4n) is 1.45. The number of unbranched alkanes of at least 4 members (excludes halogenated alkanes) is 1. The van der Waals surface area contributed by atoms with Crippen molar-refractivity contribution in [1.29, 1.82) is 0 Å². The zero-order valence-corrected chi connectivity index (χ0v) is 11.3. The normalized spacial score (nSPS) is 10.6. The SMILES string of the molecule is CCCCOc1cc(NC)nc(CC(C)C)n1. The van der Waals surface area contributed by atoms with Gasteiger partial charge in [-0.1, -0.05) is 27.2 Å². The summed E-state index contributed by atoms with van der Waals surface area (Å²) in [6, 6.07) is 1.85. The van der Waals surface area contributed by atoms with Crippen molar-refractivity contribution in [2.75, 3.05) is 19.0 Å². The molecule has 1 aromatic rings. The third-order valence-corrected chi connectivity index (χ3v) is 2.34. The summed E-state index contributed by atoms with van der Waals surface area (Å²) in [6.07, 6.45) is 3.06. The maximum Gasteiger partial charge on any atom is 0.218 e. The minimum atomic E-state index is 0.547. The molecule has 4 heteroatoms. The number of rotatable bonds is 7. The molecule has 1 N–H and O–H groups in total. The summed E-state index contributed by atoms with van der Waals surface area (Å²) < 4.78 is 5.62. The maximum atomic E-state index is 5.62. The molecule has 0 aliphatic rings. The lowest BCUT2D eigenvalue weighted by Gasteiger charge is -2.10. The molecule has 17 heavy (non-hydrogen) atoms. The van der Waals surface area contributed by atoms with E-state index in [-0.39, 0.29) is 0 Å². The van der Waals surface area contributed by atoms with Crippen molar-refractivity contribution in [1.82, 2.24) is 9.97 Å². The third kappa shape index (κ3) is 5.02. The Morgan fingerprint density at radius 3 is 2.71 bits per heavy atom. The van der Waals surface area contributed by atoms with Gasteiger partial charge < -0.3 is 10.1 Å². The highest BCUT2D eigenvalue weighted by Gasteiger charge is 2.06. The van der Waals surface area contributed by atoms with Crippen molar-refractivity contribution in [3.8, 4) is 5.88 Å². The van der Waals surface area contributed by atoms with Crippen LogP contribution in [0.25, 0.3) is 0 Å². The van der Waals surface area contributed by atoms with Crippen LogP contribution in [0.3, 0.4) is 0 Å². The van der Waals surface area contributed by atoms with Crippen LogP contribution in [0.4, 0.5) is 5.82 Å². The van der Waals surface area contributed by atoms with Crippen LogP contribution in [-0.4, -0.2) is 23.6 Å². The van der Waals surface area contributed by atoms with E-state index in [1.54, 1.807) is 0 Å². The summed E-state index contributed by atoms with van der Waals surface area (Å²) in [5.74, 6) is 2.89. The molecular weight excluding hydrogens is 214 g/mol. The molecule has 0 bridgehead atoms. The quantitative estimate of drug-likeness (QED) is 0.741. The predicted octanol–water partition coefficient (Wildman–Crippen LogP) is 2.90. The average Bonchev–Trinajstić information content (AvgIpc) is 2.28. The van der Waals surface area contributed by atoms with Gasteiger partial charge in [0.1, 0.15) is 11.6 Å². The van der Waals surface area contributed by atoms with Gasteiger partial charge in [-0.3, -0.25) is 0 Å². The second-order valence-electron chi connectivity index (χ2n) is 4.56. The molecule has 1 aromatic heterocycles. The summed E-state index contributed by atoms with van der Waals surface area (Å²) in [6.45, 7) is 7.18. The molecule has 0 saturated carbocycles. The van der Waals surface area contributed by atoms with E-state index in [2.05, 4.69) is 36.1 Å². The topological polar surface area (TPSA) is 47.0 Å². The highest BCUT2D eigenvalue weighted by molar-refractivity contribution is 5.37. The van der Waals surface area contributed by atoms with Gasteiger partial charge >= 0.3 is 0 Å². The smallest absolute Gasteiger partial charge is 0.218 e. The second-order valence-corrected chi connectivity index (χ2v) is 4.56. The van der Waals surface area contributed by atoms with E-state index < -0.39 is 0 Å². The first-order chi connectivity index (χ1) is 8.15. The van der Waals surface area contributed by atoms with Crippen molar-refractivity contribution in [2.45, 2.75) is 40.0 Å². The molecule has 0 aromatic carbocycles. The van der Waals surface area contributed by atoms with E-state index in [0.717, 1.165) is 37.5 Å².